The summed E-state index contributed by atoms with van der Waals surface area (Å²) < 4.78 is 0. The zero-order valence-electron chi connectivity index (χ0n) is 9.77. The molecule has 0 radical (unpaired) electrons. The molecule has 0 bridgehead atoms. The van der Waals surface area contributed by atoms with Crippen LogP contribution in [0.3, 0.4) is 0 Å². The normalized spacial score (nSPS) is 11.0. The molecule has 0 aliphatic heterocycles. The second-order valence-electron chi connectivity index (χ2n) is 4.40. The molecule has 2 N–H and O–H groups in total. The van der Waals surface area contributed by atoms with Gasteiger partial charge in [0.1, 0.15) is 11.3 Å². The van der Waals surface area contributed by atoms with Gasteiger partial charge in [-0.05, 0) is 28.3 Å². The van der Waals surface area contributed by atoms with Crippen LogP contribution in [0.2, 0.25) is 0 Å². The molecule has 0 aliphatic carbocycles. The van der Waals surface area contributed by atoms with Crippen LogP contribution >= 0.6 is 0 Å². The molecule has 0 spiro atoms. The standard InChI is InChI=1S/C14H14O3/c1-8(2)9-3-5-11-10(7-9)4-6-12(15)13(11)14(16)17/h3-8,15H,1-2H3,(H,16,17). The summed E-state index contributed by atoms with van der Waals surface area (Å²) in [5.74, 6) is -0.908. The monoisotopic (exact) mass is 230 g/mol. The van der Waals surface area contributed by atoms with Crippen LogP contribution in [-0.2, 0) is 0 Å². The van der Waals surface area contributed by atoms with Crippen molar-refractivity contribution in [3.8, 4) is 5.75 Å². The molecule has 0 aliphatic rings. The second kappa shape index (κ2) is 4.09. The SMILES string of the molecule is CC(C)c1ccc2c(C(=O)O)c(O)ccc2c1. The summed E-state index contributed by atoms with van der Waals surface area (Å²) in [5, 5.41) is 20.1. The first-order valence-corrected chi connectivity index (χ1v) is 5.49. The molecule has 3 heteroatoms. The Labute approximate surface area is 99.3 Å². The summed E-state index contributed by atoms with van der Waals surface area (Å²) in [6.07, 6.45) is 0. The van der Waals surface area contributed by atoms with Gasteiger partial charge in [-0.1, -0.05) is 38.1 Å². The summed E-state index contributed by atoms with van der Waals surface area (Å²) >= 11 is 0. The number of phenols is 1. The van der Waals surface area contributed by atoms with Crippen LogP contribution in [0, 0.1) is 0 Å². The lowest BCUT2D eigenvalue weighted by atomic mass is 9.96. The quantitative estimate of drug-likeness (QED) is 0.831. The molecule has 88 valence electrons. The lowest BCUT2D eigenvalue weighted by Crippen LogP contribution is -1.98. The van der Waals surface area contributed by atoms with Crippen LogP contribution in [0.25, 0.3) is 10.8 Å². The fourth-order valence-corrected chi connectivity index (χ4v) is 1.92. The number of carboxylic acid groups (broad SMARTS) is 1. The Bertz CT molecular complexity index is 585. The molecule has 0 aromatic heterocycles. The fraction of sp³-hybridized carbons (Fsp3) is 0.214. The van der Waals surface area contributed by atoms with Gasteiger partial charge < -0.3 is 10.2 Å². The molecule has 2 rings (SSSR count). The maximum Gasteiger partial charge on any atom is 0.340 e. The third-order valence-corrected chi connectivity index (χ3v) is 2.90. The zero-order valence-corrected chi connectivity index (χ0v) is 9.77. The van der Waals surface area contributed by atoms with Crippen molar-refractivity contribution in [2.75, 3.05) is 0 Å². The molecular weight excluding hydrogens is 216 g/mol. The van der Waals surface area contributed by atoms with Crippen LogP contribution in [-0.4, -0.2) is 16.2 Å². The van der Waals surface area contributed by atoms with Crippen LogP contribution in [0.15, 0.2) is 30.3 Å². The third-order valence-electron chi connectivity index (χ3n) is 2.90. The summed E-state index contributed by atoms with van der Waals surface area (Å²) in [5.41, 5.74) is 1.12. The third kappa shape index (κ3) is 1.96. The first-order valence-electron chi connectivity index (χ1n) is 5.49. The van der Waals surface area contributed by atoms with Crippen LogP contribution in [0.5, 0.6) is 5.75 Å². The van der Waals surface area contributed by atoms with E-state index in [-0.39, 0.29) is 11.3 Å². The largest absolute Gasteiger partial charge is 0.507 e. The van der Waals surface area contributed by atoms with E-state index in [9.17, 15) is 9.90 Å². The Morgan fingerprint density at radius 3 is 2.47 bits per heavy atom. The van der Waals surface area contributed by atoms with Gasteiger partial charge in [-0.15, -0.1) is 0 Å². The summed E-state index contributed by atoms with van der Waals surface area (Å²) in [6, 6.07) is 8.79. The lowest BCUT2D eigenvalue weighted by Gasteiger charge is -2.09. The number of rotatable bonds is 2. The molecule has 0 heterocycles. The van der Waals surface area contributed by atoms with Crippen LogP contribution in [0.4, 0.5) is 0 Å². The van der Waals surface area contributed by atoms with Gasteiger partial charge in [-0.2, -0.15) is 0 Å². The molecule has 0 fully saturated rings. The maximum absolute atomic E-state index is 11.1. The minimum Gasteiger partial charge on any atom is -0.507 e. The highest BCUT2D eigenvalue weighted by Gasteiger charge is 2.14. The van der Waals surface area contributed by atoms with Crippen molar-refractivity contribution in [2.24, 2.45) is 0 Å². The predicted molar refractivity (Wildman–Crippen MR) is 66.7 cm³/mol. The molecule has 17 heavy (non-hydrogen) atoms. The van der Waals surface area contributed by atoms with Gasteiger partial charge >= 0.3 is 5.97 Å². The van der Waals surface area contributed by atoms with Gasteiger partial charge in [0, 0.05) is 0 Å². The maximum atomic E-state index is 11.1. The van der Waals surface area contributed by atoms with Gasteiger partial charge in [0.25, 0.3) is 0 Å². The van der Waals surface area contributed by atoms with E-state index in [4.69, 9.17) is 5.11 Å². The minimum absolute atomic E-state index is 0.0298. The summed E-state index contributed by atoms with van der Waals surface area (Å²) in [4.78, 5) is 11.1. The fourth-order valence-electron chi connectivity index (χ4n) is 1.92. The molecule has 2 aromatic rings. The molecule has 0 saturated heterocycles. The Morgan fingerprint density at radius 2 is 1.88 bits per heavy atom. The molecule has 0 unspecified atom stereocenters. The molecule has 3 nitrogen and oxygen atoms in total. The van der Waals surface area contributed by atoms with Gasteiger partial charge in [0.2, 0.25) is 0 Å². The number of aromatic carboxylic acids is 1. The topological polar surface area (TPSA) is 57.5 Å². The number of carboxylic acids is 1. The number of carbonyl (C=O) groups is 1. The Morgan fingerprint density at radius 1 is 1.18 bits per heavy atom. The highest BCUT2D eigenvalue weighted by atomic mass is 16.4. The van der Waals surface area contributed by atoms with Crippen molar-refractivity contribution in [1.82, 2.24) is 0 Å². The van der Waals surface area contributed by atoms with E-state index >= 15 is 0 Å². The van der Waals surface area contributed by atoms with Crippen LogP contribution < -0.4 is 0 Å². The van der Waals surface area contributed by atoms with E-state index in [1.165, 1.54) is 6.07 Å². The van der Waals surface area contributed by atoms with Gasteiger partial charge in [0.05, 0.1) is 0 Å². The molecule has 0 saturated carbocycles. The van der Waals surface area contributed by atoms with E-state index in [1.54, 1.807) is 12.1 Å². The van der Waals surface area contributed by atoms with E-state index in [1.807, 2.05) is 12.1 Å². The lowest BCUT2D eigenvalue weighted by molar-refractivity contribution is 0.0696. The highest BCUT2D eigenvalue weighted by Crippen LogP contribution is 2.29. The summed E-state index contributed by atoms with van der Waals surface area (Å²) in [7, 11) is 0. The smallest absolute Gasteiger partial charge is 0.340 e. The van der Waals surface area contributed by atoms with E-state index in [2.05, 4.69) is 13.8 Å². The number of hydrogen-bond acceptors (Lipinski definition) is 2. The van der Waals surface area contributed by atoms with Gasteiger partial charge in [-0.3, -0.25) is 0 Å². The van der Waals surface area contributed by atoms with Crippen molar-refractivity contribution in [1.29, 1.82) is 0 Å². The van der Waals surface area contributed by atoms with Crippen molar-refractivity contribution in [3.05, 3.63) is 41.5 Å². The van der Waals surface area contributed by atoms with Gasteiger partial charge in [-0.25, -0.2) is 4.79 Å². The average Bonchev–Trinajstić information content (AvgIpc) is 2.27. The number of aromatic hydroxyl groups is 1. The predicted octanol–water partition coefficient (Wildman–Crippen LogP) is 3.37. The van der Waals surface area contributed by atoms with Gasteiger partial charge in [0.15, 0.2) is 0 Å². The van der Waals surface area contributed by atoms with Crippen molar-refractivity contribution in [3.63, 3.8) is 0 Å². The van der Waals surface area contributed by atoms with E-state index in [0.717, 1.165) is 10.9 Å². The molecule has 0 atom stereocenters. The van der Waals surface area contributed by atoms with Crippen molar-refractivity contribution in [2.45, 2.75) is 19.8 Å². The van der Waals surface area contributed by atoms with Crippen LogP contribution in [0.1, 0.15) is 35.7 Å². The first-order chi connectivity index (χ1) is 8.00. The number of fused-ring (bicyclic) bond motifs is 1. The van der Waals surface area contributed by atoms with Crippen molar-refractivity contribution < 1.29 is 15.0 Å². The Hall–Kier alpha value is -2.03. The summed E-state index contributed by atoms with van der Waals surface area (Å²) in [6.45, 7) is 4.17. The Kier molecular flexibility index (Phi) is 2.76. The number of benzene rings is 2. The van der Waals surface area contributed by atoms with E-state index < -0.39 is 5.97 Å². The van der Waals surface area contributed by atoms with E-state index in [0.29, 0.717) is 11.3 Å². The Balaban J connectivity index is 2.75. The first kappa shape index (κ1) is 11.5. The zero-order chi connectivity index (χ0) is 12.6. The number of hydrogen-bond donors (Lipinski definition) is 2. The molecule has 0 amide bonds. The second-order valence-corrected chi connectivity index (χ2v) is 4.40. The molecular formula is C14H14O3. The average molecular weight is 230 g/mol. The minimum atomic E-state index is -1.11. The highest BCUT2D eigenvalue weighted by molar-refractivity contribution is 6.06. The van der Waals surface area contributed by atoms with Crippen molar-refractivity contribution >= 4 is 16.7 Å². The molecule has 2 aromatic carbocycles.